The van der Waals surface area contributed by atoms with Gasteiger partial charge in [-0.05, 0) is 55.0 Å². The fourth-order valence-corrected chi connectivity index (χ4v) is 4.29. The molecule has 3 aromatic carbocycles. The van der Waals surface area contributed by atoms with Crippen LogP contribution in [-0.2, 0) is 16.2 Å². The number of ether oxygens (including phenoxy) is 1. The summed E-state index contributed by atoms with van der Waals surface area (Å²) < 4.78 is 72.9. The molecule has 0 saturated carbocycles. The third-order valence-corrected chi connectivity index (χ3v) is 6.25. The Hall–Kier alpha value is -3.24. The number of sulfonamides is 1. The molecule has 3 aromatic rings. The van der Waals surface area contributed by atoms with E-state index in [9.17, 15) is 26.4 Å². The summed E-state index contributed by atoms with van der Waals surface area (Å²) in [7, 11) is -3.14. The number of benzene rings is 3. The van der Waals surface area contributed by atoms with Crippen LogP contribution in [0, 0.1) is 6.92 Å². The molecular formula is C22H18ClF3N2O4S. The molecule has 6 nitrogen and oxygen atoms in total. The highest BCUT2D eigenvalue weighted by Crippen LogP contribution is 2.38. The number of hydrogen-bond donors (Lipinski definition) is 2. The summed E-state index contributed by atoms with van der Waals surface area (Å²) in [5.41, 5.74) is -0.835. The van der Waals surface area contributed by atoms with E-state index >= 15 is 0 Å². The third kappa shape index (κ3) is 5.58. The Bertz CT molecular complexity index is 1310. The van der Waals surface area contributed by atoms with Crippen molar-refractivity contribution in [2.75, 3.05) is 17.1 Å². The average molecular weight is 499 g/mol. The summed E-state index contributed by atoms with van der Waals surface area (Å²) >= 11 is 5.64. The number of alkyl halides is 3. The second kappa shape index (κ2) is 9.32. The Morgan fingerprint density at radius 1 is 1.00 bits per heavy atom. The molecule has 0 bridgehead atoms. The van der Waals surface area contributed by atoms with E-state index in [1.807, 2.05) is 4.72 Å². The summed E-state index contributed by atoms with van der Waals surface area (Å²) in [5.74, 6) is -0.343. The predicted octanol–water partition coefficient (Wildman–Crippen LogP) is 5.73. The number of carbonyl (C=O) groups is 1. The molecule has 0 fully saturated rings. The van der Waals surface area contributed by atoms with Gasteiger partial charge in [0.2, 0.25) is 0 Å². The monoisotopic (exact) mass is 498 g/mol. The Kier molecular flexibility index (Phi) is 6.89. The molecule has 0 spiro atoms. The van der Waals surface area contributed by atoms with Crippen LogP contribution in [0.4, 0.5) is 24.5 Å². The highest BCUT2D eigenvalue weighted by atomic mass is 35.5. The zero-order valence-electron chi connectivity index (χ0n) is 17.3. The molecule has 0 unspecified atom stereocenters. The van der Waals surface area contributed by atoms with Gasteiger partial charge in [-0.2, -0.15) is 13.2 Å². The topological polar surface area (TPSA) is 84.5 Å². The molecule has 0 aliphatic rings. The van der Waals surface area contributed by atoms with Gasteiger partial charge in [0.1, 0.15) is 5.75 Å². The predicted molar refractivity (Wildman–Crippen MR) is 119 cm³/mol. The summed E-state index contributed by atoms with van der Waals surface area (Å²) in [5, 5.41) is 2.39. The van der Waals surface area contributed by atoms with Crippen LogP contribution < -0.4 is 14.8 Å². The number of aryl methyl sites for hydroxylation is 1. The van der Waals surface area contributed by atoms with Crippen molar-refractivity contribution in [1.29, 1.82) is 0 Å². The summed E-state index contributed by atoms with van der Waals surface area (Å²) in [6.07, 6.45) is -4.84. The first-order valence-electron chi connectivity index (χ1n) is 9.37. The summed E-state index contributed by atoms with van der Waals surface area (Å²) in [6.45, 7) is 1.74. The summed E-state index contributed by atoms with van der Waals surface area (Å²) in [4.78, 5) is 12.3. The number of methoxy groups -OCH3 is 1. The number of hydrogen-bond acceptors (Lipinski definition) is 4. The molecule has 0 aliphatic carbocycles. The fourth-order valence-electron chi connectivity index (χ4n) is 3.01. The maximum Gasteiger partial charge on any atom is 0.418 e. The van der Waals surface area contributed by atoms with Crippen LogP contribution in [0.5, 0.6) is 5.75 Å². The SMILES string of the molecule is COc1ccc(S(=O)(=O)Nc2ccc(Cl)cc2C(F)(F)F)cc1NC(=O)c1ccccc1C. The molecule has 33 heavy (non-hydrogen) atoms. The van der Waals surface area contributed by atoms with Crippen LogP contribution in [0.25, 0.3) is 0 Å². The van der Waals surface area contributed by atoms with Crippen LogP contribution in [0.3, 0.4) is 0 Å². The molecule has 11 heteroatoms. The first-order valence-corrected chi connectivity index (χ1v) is 11.2. The van der Waals surface area contributed by atoms with E-state index in [0.717, 1.165) is 24.3 Å². The van der Waals surface area contributed by atoms with Crippen LogP contribution in [0.15, 0.2) is 65.6 Å². The van der Waals surface area contributed by atoms with E-state index in [1.165, 1.54) is 13.2 Å². The van der Waals surface area contributed by atoms with Gasteiger partial charge in [0, 0.05) is 10.6 Å². The van der Waals surface area contributed by atoms with Gasteiger partial charge in [-0.1, -0.05) is 29.8 Å². The third-order valence-electron chi connectivity index (χ3n) is 4.65. The van der Waals surface area contributed by atoms with Crippen molar-refractivity contribution in [2.45, 2.75) is 18.0 Å². The van der Waals surface area contributed by atoms with E-state index in [2.05, 4.69) is 5.32 Å². The number of anilines is 2. The number of carbonyl (C=O) groups excluding carboxylic acids is 1. The van der Waals surface area contributed by atoms with Gasteiger partial charge in [-0.3, -0.25) is 9.52 Å². The number of rotatable bonds is 6. The van der Waals surface area contributed by atoms with Gasteiger partial charge < -0.3 is 10.1 Å². The second-order valence-corrected chi connectivity index (χ2v) is 9.04. The van der Waals surface area contributed by atoms with Crippen molar-refractivity contribution in [3.63, 3.8) is 0 Å². The van der Waals surface area contributed by atoms with Crippen LogP contribution in [0.1, 0.15) is 21.5 Å². The van der Waals surface area contributed by atoms with Crippen LogP contribution in [0.2, 0.25) is 5.02 Å². The minimum atomic E-state index is -4.84. The van der Waals surface area contributed by atoms with E-state index < -0.39 is 33.4 Å². The first kappa shape index (κ1) is 24.4. The summed E-state index contributed by atoms with van der Waals surface area (Å²) in [6, 6.07) is 13.0. The largest absolute Gasteiger partial charge is 0.495 e. The molecule has 0 atom stereocenters. The smallest absolute Gasteiger partial charge is 0.418 e. The van der Waals surface area contributed by atoms with E-state index in [4.69, 9.17) is 16.3 Å². The van der Waals surface area contributed by atoms with Gasteiger partial charge in [0.05, 0.1) is 28.9 Å². The molecule has 0 saturated heterocycles. The number of nitrogens with one attached hydrogen (secondary N) is 2. The second-order valence-electron chi connectivity index (χ2n) is 6.92. The zero-order chi connectivity index (χ0) is 24.4. The van der Waals surface area contributed by atoms with Crippen LogP contribution >= 0.6 is 11.6 Å². The Morgan fingerprint density at radius 2 is 1.70 bits per heavy atom. The molecule has 174 valence electrons. The number of halogens is 4. The Labute approximate surface area is 193 Å². The lowest BCUT2D eigenvalue weighted by Crippen LogP contribution is -2.18. The molecular weight excluding hydrogens is 481 g/mol. The lowest BCUT2D eigenvalue weighted by atomic mass is 10.1. The standard InChI is InChI=1S/C22H18ClF3N2O4S/c1-13-5-3-4-6-16(13)21(29)27-19-12-15(8-10-20(19)32-2)33(30,31)28-18-9-7-14(23)11-17(18)22(24,25)26/h3-12,28H,1-2H3,(H,27,29). The lowest BCUT2D eigenvalue weighted by Gasteiger charge is -2.16. The molecule has 0 radical (unpaired) electrons. The molecule has 1 amide bonds. The normalized spacial score (nSPS) is 11.7. The fraction of sp³-hybridized carbons (Fsp3) is 0.136. The Balaban J connectivity index is 1.97. The molecule has 3 rings (SSSR count). The van der Waals surface area contributed by atoms with Crippen molar-refractivity contribution in [2.24, 2.45) is 0 Å². The Morgan fingerprint density at radius 3 is 2.33 bits per heavy atom. The van der Waals surface area contributed by atoms with Gasteiger partial charge >= 0.3 is 6.18 Å². The van der Waals surface area contributed by atoms with Crippen molar-refractivity contribution >= 4 is 38.9 Å². The maximum absolute atomic E-state index is 13.3. The van der Waals surface area contributed by atoms with Gasteiger partial charge in [-0.25, -0.2) is 8.42 Å². The minimum Gasteiger partial charge on any atom is -0.495 e. The highest BCUT2D eigenvalue weighted by Gasteiger charge is 2.35. The van der Waals surface area contributed by atoms with Crippen molar-refractivity contribution in [3.8, 4) is 5.75 Å². The van der Waals surface area contributed by atoms with E-state index in [0.29, 0.717) is 17.2 Å². The molecule has 2 N–H and O–H groups in total. The van der Waals surface area contributed by atoms with Crippen molar-refractivity contribution in [3.05, 3.63) is 82.4 Å². The molecule has 0 aromatic heterocycles. The van der Waals surface area contributed by atoms with E-state index in [1.54, 1.807) is 31.2 Å². The zero-order valence-corrected chi connectivity index (χ0v) is 18.9. The van der Waals surface area contributed by atoms with E-state index in [-0.39, 0.29) is 21.4 Å². The van der Waals surface area contributed by atoms with Crippen molar-refractivity contribution in [1.82, 2.24) is 0 Å². The number of amides is 1. The maximum atomic E-state index is 13.3. The lowest BCUT2D eigenvalue weighted by molar-refractivity contribution is -0.136. The first-order chi connectivity index (χ1) is 15.4. The van der Waals surface area contributed by atoms with Crippen molar-refractivity contribution < 1.29 is 31.1 Å². The molecule has 0 heterocycles. The quantitative estimate of drug-likeness (QED) is 0.454. The molecule has 0 aliphatic heterocycles. The van der Waals surface area contributed by atoms with Gasteiger partial charge in [-0.15, -0.1) is 0 Å². The minimum absolute atomic E-state index is 0.0285. The van der Waals surface area contributed by atoms with Crippen LogP contribution in [-0.4, -0.2) is 21.4 Å². The average Bonchev–Trinajstić information content (AvgIpc) is 2.74. The van der Waals surface area contributed by atoms with Gasteiger partial charge in [0.25, 0.3) is 15.9 Å². The van der Waals surface area contributed by atoms with Gasteiger partial charge in [0.15, 0.2) is 0 Å². The highest BCUT2D eigenvalue weighted by molar-refractivity contribution is 7.92.